The fraction of sp³-hybridized carbons (Fsp3) is 0.312. The van der Waals surface area contributed by atoms with Crippen LogP contribution in [0.15, 0.2) is 95.4 Å². The normalized spacial score (nSPS) is 18.5. The van der Waals surface area contributed by atoms with Gasteiger partial charge in [0.1, 0.15) is 11.4 Å². The van der Waals surface area contributed by atoms with Gasteiger partial charge in [0.05, 0.1) is 22.3 Å². The van der Waals surface area contributed by atoms with Gasteiger partial charge >= 0.3 is 5.97 Å². The molecule has 3 N–H and O–H groups in total. The van der Waals surface area contributed by atoms with Crippen LogP contribution < -0.4 is 5.14 Å². The maximum Gasteiger partial charge on any atom is 0.338 e. The van der Waals surface area contributed by atoms with Crippen molar-refractivity contribution < 1.29 is 23.1 Å². The number of sulfonamides is 1. The predicted molar refractivity (Wildman–Crippen MR) is 158 cm³/mol. The number of carbonyl (C=O) groups is 1. The van der Waals surface area contributed by atoms with E-state index in [9.17, 15) is 18.3 Å². The number of para-hydroxylation sites is 3. The Kier molecular flexibility index (Phi) is 8.02. The van der Waals surface area contributed by atoms with Gasteiger partial charge in [-0.15, -0.1) is 0 Å². The average Bonchev–Trinajstić information content (AvgIpc) is 3.35. The SMILES string of the molecule is CCCC1(CCc2ccccc2)CC(O)=C(C(CC)c2ccccc2-n2c(S(N)(=O)=O)nc3ccccc32)C(=O)O1. The highest BCUT2D eigenvalue weighted by Crippen LogP contribution is 2.43. The molecule has 3 aromatic carbocycles. The van der Waals surface area contributed by atoms with Crippen LogP contribution in [0.1, 0.15) is 63.0 Å². The van der Waals surface area contributed by atoms with E-state index >= 15 is 0 Å². The number of carbonyl (C=O) groups excluding carboxylic acids is 1. The number of nitrogens with zero attached hydrogens (tertiary/aromatic N) is 2. The number of aliphatic hydroxyl groups excluding tert-OH is 1. The van der Waals surface area contributed by atoms with Crippen LogP contribution >= 0.6 is 0 Å². The highest BCUT2D eigenvalue weighted by atomic mass is 32.2. The summed E-state index contributed by atoms with van der Waals surface area (Å²) >= 11 is 0. The monoisotopic (exact) mass is 573 g/mol. The standard InChI is InChI=1S/C32H35N3O5S/c1-3-19-32(20-18-22-12-6-5-7-13-22)21-28(36)29(30(37)40-32)23(4-2)24-14-8-10-16-26(24)35-27-17-11-9-15-25(27)34-31(35)41(33,38)39/h5-17,23,36H,3-4,18-21H2,1-2H3,(H2,33,38,39). The second kappa shape index (κ2) is 11.5. The van der Waals surface area contributed by atoms with Crippen LogP contribution in [0.5, 0.6) is 0 Å². The Morgan fingerprint density at radius 3 is 2.37 bits per heavy atom. The summed E-state index contributed by atoms with van der Waals surface area (Å²) in [6, 6.07) is 24.3. The van der Waals surface area contributed by atoms with Gasteiger partial charge in [-0.05, 0) is 55.0 Å². The van der Waals surface area contributed by atoms with Crippen molar-refractivity contribution in [1.82, 2.24) is 9.55 Å². The maximum atomic E-state index is 13.7. The van der Waals surface area contributed by atoms with Gasteiger partial charge < -0.3 is 9.84 Å². The Morgan fingerprint density at radius 2 is 1.68 bits per heavy atom. The second-order valence-corrected chi connectivity index (χ2v) is 12.1. The number of hydrogen-bond acceptors (Lipinski definition) is 6. The molecule has 4 aromatic rings. The number of hydrogen-bond donors (Lipinski definition) is 2. The lowest BCUT2D eigenvalue weighted by molar-refractivity contribution is -0.161. The highest BCUT2D eigenvalue weighted by molar-refractivity contribution is 7.89. The molecule has 0 aliphatic carbocycles. The van der Waals surface area contributed by atoms with Gasteiger partial charge in [-0.1, -0.05) is 80.9 Å². The van der Waals surface area contributed by atoms with Crippen molar-refractivity contribution in [2.75, 3.05) is 0 Å². The summed E-state index contributed by atoms with van der Waals surface area (Å²) in [4.78, 5) is 18.1. The first-order valence-corrected chi connectivity index (χ1v) is 15.5. The molecule has 0 spiro atoms. The van der Waals surface area contributed by atoms with E-state index in [1.165, 1.54) is 4.57 Å². The zero-order valence-corrected chi connectivity index (χ0v) is 24.1. The smallest absolute Gasteiger partial charge is 0.338 e. The molecule has 2 atom stereocenters. The fourth-order valence-corrected chi connectivity index (χ4v) is 6.70. The molecule has 0 bridgehead atoms. The number of fused-ring (bicyclic) bond motifs is 1. The summed E-state index contributed by atoms with van der Waals surface area (Å²) in [5.74, 6) is -1.08. The maximum absolute atomic E-state index is 13.7. The number of benzene rings is 3. The van der Waals surface area contributed by atoms with Crippen molar-refractivity contribution >= 4 is 27.0 Å². The minimum Gasteiger partial charge on any atom is -0.512 e. The van der Waals surface area contributed by atoms with E-state index in [-0.39, 0.29) is 22.9 Å². The minimum atomic E-state index is -4.19. The van der Waals surface area contributed by atoms with Gasteiger partial charge in [-0.2, -0.15) is 0 Å². The van der Waals surface area contributed by atoms with Crippen molar-refractivity contribution in [1.29, 1.82) is 0 Å². The Labute approximate surface area is 240 Å². The predicted octanol–water partition coefficient (Wildman–Crippen LogP) is 6.10. The van der Waals surface area contributed by atoms with E-state index in [1.807, 2.05) is 56.3 Å². The van der Waals surface area contributed by atoms with E-state index in [1.54, 1.807) is 36.4 Å². The van der Waals surface area contributed by atoms with Crippen LogP contribution in [0.25, 0.3) is 16.7 Å². The van der Waals surface area contributed by atoms with E-state index in [0.717, 1.165) is 18.4 Å². The number of rotatable bonds is 10. The summed E-state index contributed by atoms with van der Waals surface area (Å²) in [6.45, 7) is 3.96. The topological polar surface area (TPSA) is 125 Å². The summed E-state index contributed by atoms with van der Waals surface area (Å²) < 4.78 is 33.0. The number of aliphatic hydroxyl groups is 1. The molecule has 0 saturated carbocycles. The number of imidazole rings is 1. The number of aryl methyl sites for hydroxylation is 1. The molecule has 1 aromatic heterocycles. The number of cyclic esters (lactones) is 1. The summed E-state index contributed by atoms with van der Waals surface area (Å²) in [5, 5.41) is 16.8. The molecule has 0 radical (unpaired) electrons. The Morgan fingerprint density at radius 1 is 1.00 bits per heavy atom. The van der Waals surface area contributed by atoms with E-state index < -0.39 is 27.5 Å². The third-order valence-corrected chi connectivity index (χ3v) is 8.62. The van der Waals surface area contributed by atoms with Crippen molar-refractivity contribution in [2.45, 2.75) is 69.0 Å². The molecule has 1 aliphatic rings. The Hall–Kier alpha value is -3.95. The van der Waals surface area contributed by atoms with E-state index in [4.69, 9.17) is 9.88 Å². The first kappa shape index (κ1) is 28.6. The third kappa shape index (κ3) is 5.64. The van der Waals surface area contributed by atoms with Gasteiger partial charge in [-0.3, -0.25) is 4.57 Å². The van der Waals surface area contributed by atoms with Gasteiger partial charge in [0, 0.05) is 12.3 Å². The molecule has 2 unspecified atom stereocenters. The van der Waals surface area contributed by atoms with Crippen LogP contribution in [-0.4, -0.2) is 34.6 Å². The lowest BCUT2D eigenvalue weighted by Crippen LogP contribution is -2.41. The van der Waals surface area contributed by atoms with Crippen molar-refractivity contribution in [2.24, 2.45) is 5.14 Å². The van der Waals surface area contributed by atoms with Crippen LogP contribution in [0.3, 0.4) is 0 Å². The first-order chi connectivity index (χ1) is 19.7. The van der Waals surface area contributed by atoms with Crippen molar-refractivity contribution in [3.63, 3.8) is 0 Å². The Balaban J connectivity index is 1.58. The van der Waals surface area contributed by atoms with E-state index in [0.29, 0.717) is 41.5 Å². The molecule has 8 nitrogen and oxygen atoms in total. The largest absolute Gasteiger partial charge is 0.512 e. The summed E-state index contributed by atoms with van der Waals surface area (Å²) in [5.41, 5.74) is 2.76. The Bertz CT molecular complexity index is 1710. The quantitative estimate of drug-likeness (QED) is 0.221. The fourth-order valence-electron chi connectivity index (χ4n) is 6.02. The zero-order chi connectivity index (χ0) is 29.2. The molecule has 2 heterocycles. The summed E-state index contributed by atoms with van der Waals surface area (Å²) in [6.07, 6.45) is 3.45. The molecular weight excluding hydrogens is 538 g/mol. The third-order valence-electron chi connectivity index (χ3n) is 7.84. The van der Waals surface area contributed by atoms with Gasteiger partial charge in [0.25, 0.3) is 10.0 Å². The van der Waals surface area contributed by atoms with Gasteiger partial charge in [0.2, 0.25) is 5.16 Å². The van der Waals surface area contributed by atoms with Gasteiger partial charge in [-0.25, -0.2) is 23.3 Å². The molecular formula is C32H35N3O5S. The first-order valence-electron chi connectivity index (χ1n) is 14.0. The lowest BCUT2D eigenvalue weighted by atomic mass is 9.79. The lowest BCUT2D eigenvalue weighted by Gasteiger charge is -2.39. The minimum absolute atomic E-state index is 0.0200. The summed E-state index contributed by atoms with van der Waals surface area (Å²) in [7, 11) is -4.19. The average molecular weight is 574 g/mol. The van der Waals surface area contributed by atoms with Crippen LogP contribution in [0.4, 0.5) is 0 Å². The molecule has 1 aliphatic heterocycles. The highest BCUT2D eigenvalue weighted by Gasteiger charge is 2.43. The molecule has 41 heavy (non-hydrogen) atoms. The van der Waals surface area contributed by atoms with Crippen molar-refractivity contribution in [3.8, 4) is 5.69 Å². The molecule has 0 saturated heterocycles. The molecule has 214 valence electrons. The molecule has 0 fully saturated rings. The van der Waals surface area contributed by atoms with Crippen LogP contribution in [0, 0.1) is 0 Å². The number of ether oxygens (including phenoxy) is 1. The van der Waals surface area contributed by atoms with Crippen LogP contribution in [0.2, 0.25) is 0 Å². The molecule has 5 rings (SSSR count). The van der Waals surface area contributed by atoms with Crippen LogP contribution in [-0.2, 0) is 26.0 Å². The number of esters is 1. The molecule has 0 amide bonds. The number of nitrogens with two attached hydrogens (primary N) is 1. The number of primary sulfonamides is 1. The second-order valence-electron chi connectivity index (χ2n) is 10.6. The molecule has 9 heteroatoms. The van der Waals surface area contributed by atoms with Crippen molar-refractivity contribution in [3.05, 3.63) is 101 Å². The zero-order valence-electron chi connectivity index (χ0n) is 23.3. The van der Waals surface area contributed by atoms with E-state index in [2.05, 4.69) is 4.98 Å². The van der Waals surface area contributed by atoms with Gasteiger partial charge in [0.15, 0.2) is 0 Å². The number of aromatic nitrogens is 2.